The molecule has 2 N–H and O–H groups in total. The van der Waals surface area contributed by atoms with E-state index in [2.05, 4.69) is 23.6 Å². The zero-order valence-electron chi connectivity index (χ0n) is 14.2. The van der Waals surface area contributed by atoms with Crippen LogP contribution >= 0.6 is 12.2 Å². The first-order chi connectivity index (χ1) is 11.6. The van der Waals surface area contributed by atoms with Gasteiger partial charge < -0.3 is 15.5 Å². The van der Waals surface area contributed by atoms with Crippen molar-refractivity contribution in [2.75, 3.05) is 16.8 Å². The lowest BCUT2D eigenvalue weighted by molar-refractivity contribution is -0.117. The number of rotatable bonds is 3. The fraction of sp³-hybridized carbons (Fsp3) is 0.579. The molecule has 0 aromatic heterocycles. The van der Waals surface area contributed by atoms with E-state index in [-0.39, 0.29) is 5.91 Å². The minimum Gasteiger partial charge on any atom is -0.359 e. The molecule has 1 saturated heterocycles. The van der Waals surface area contributed by atoms with Crippen LogP contribution < -0.4 is 15.5 Å². The second-order valence-corrected chi connectivity index (χ2v) is 7.94. The van der Waals surface area contributed by atoms with Gasteiger partial charge in [0.1, 0.15) is 0 Å². The summed E-state index contributed by atoms with van der Waals surface area (Å²) in [4.78, 5) is 13.9. The van der Waals surface area contributed by atoms with Gasteiger partial charge in [0.25, 0.3) is 0 Å². The van der Waals surface area contributed by atoms with Crippen LogP contribution in [0, 0.1) is 18.8 Å². The number of hydrogen-bond donors (Lipinski definition) is 2. The summed E-state index contributed by atoms with van der Waals surface area (Å²) >= 11 is 5.52. The van der Waals surface area contributed by atoms with Crippen LogP contribution in [0.3, 0.4) is 0 Å². The molecule has 2 saturated carbocycles. The Kier molecular flexibility index (Phi) is 4.21. The highest BCUT2D eigenvalue weighted by molar-refractivity contribution is 7.80. The molecule has 3 aliphatic rings. The molecule has 0 radical (unpaired) electrons. The quantitative estimate of drug-likeness (QED) is 0.823. The molecule has 1 heterocycles. The average molecular weight is 343 g/mol. The summed E-state index contributed by atoms with van der Waals surface area (Å²) < 4.78 is 0. The molecule has 128 valence electrons. The molecule has 2 bridgehead atoms. The Morgan fingerprint density at radius 2 is 2.17 bits per heavy atom. The van der Waals surface area contributed by atoms with E-state index >= 15 is 0 Å². The SMILES string of the molecule is Cc1ccc(NC(=S)N[C@H]2C[C@H]3CC[C@H]2C3)cc1N1CCCC1=O. The largest absolute Gasteiger partial charge is 0.359 e. The van der Waals surface area contributed by atoms with Gasteiger partial charge in [-0.15, -0.1) is 0 Å². The van der Waals surface area contributed by atoms with E-state index in [0.29, 0.717) is 17.6 Å². The first-order valence-electron chi connectivity index (χ1n) is 9.08. The van der Waals surface area contributed by atoms with Gasteiger partial charge in [0, 0.05) is 30.4 Å². The highest BCUT2D eigenvalue weighted by atomic mass is 32.1. The first-order valence-corrected chi connectivity index (χ1v) is 9.49. The molecular weight excluding hydrogens is 318 g/mol. The van der Waals surface area contributed by atoms with E-state index in [4.69, 9.17) is 12.2 Å². The third-order valence-electron chi connectivity index (χ3n) is 5.89. The molecule has 24 heavy (non-hydrogen) atoms. The maximum absolute atomic E-state index is 12.0. The van der Waals surface area contributed by atoms with E-state index in [0.717, 1.165) is 41.7 Å². The van der Waals surface area contributed by atoms with Gasteiger partial charge in [0.05, 0.1) is 0 Å². The molecule has 5 heteroatoms. The molecule has 3 fully saturated rings. The van der Waals surface area contributed by atoms with Crippen molar-refractivity contribution in [2.24, 2.45) is 11.8 Å². The summed E-state index contributed by atoms with van der Waals surface area (Å²) in [5.74, 6) is 1.92. The molecule has 4 rings (SSSR count). The maximum atomic E-state index is 12.0. The Morgan fingerprint density at radius 3 is 2.83 bits per heavy atom. The number of amides is 1. The third kappa shape index (κ3) is 3.02. The maximum Gasteiger partial charge on any atom is 0.227 e. The smallest absolute Gasteiger partial charge is 0.227 e. The molecule has 0 spiro atoms. The van der Waals surface area contributed by atoms with Crippen LogP contribution in [-0.2, 0) is 4.79 Å². The van der Waals surface area contributed by atoms with Crippen molar-refractivity contribution in [1.82, 2.24) is 5.32 Å². The van der Waals surface area contributed by atoms with Crippen molar-refractivity contribution in [1.29, 1.82) is 0 Å². The number of carbonyl (C=O) groups excluding carboxylic acids is 1. The molecule has 3 atom stereocenters. The number of aryl methyl sites for hydroxylation is 1. The number of benzene rings is 1. The molecule has 1 aromatic carbocycles. The zero-order valence-corrected chi connectivity index (χ0v) is 15.0. The Bertz CT molecular complexity index is 675. The van der Waals surface area contributed by atoms with Crippen LogP contribution in [0.15, 0.2) is 18.2 Å². The second kappa shape index (κ2) is 6.36. The standard InChI is InChI=1S/C19H25N3OS/c1-12-4-7-15(11-17(12)22-8-2-3-18(22)23)20-19(24)21-16-10-13-5-6-14(16)9-13/h4,7,11,13-14,16H,2-3,5-6,8-10H2,1H3,(H2,20,21,24)/t13-,14-,16-/m0/s1. The lowest BCUT2D eigenvalue weighted by Gasteiger charge is -2.25. The van der Waals surface area contributed by atoms with E-state index in [9.17, 15) is 4.79 Å². The lowest BCUT2D eigenvalue weighted by atomic mass is 9.96. The van der Waals surface area contributed by atoms with Gasteiger partial charge in [0.15, 0.2) is 5.11 Å². The summed E-state index contributed by atoms with van der Waals surface area (Å²) in [7, 11) is 0. The molecule has 1 aromatic rings. The van der Waals surface area contributed by atoms with Gasteiger partial charge in [-0.3, -0.25) is 4.79 Å². The van der Waals surface area contributed by atoms with Crippen LogP contribution in [0.4, 0.5) is 11.4 Å². The Labute approximate surface area is 149 Å². The van der Waals surface area contributed by atoms with Gasteiger partial charge in [-0.1, -0.05) is 12.5 Å². The number of hydrogen-bond acceptors (Lipinski definition) is 2. The van der Waals surface area contributed by atoms with Crippen molar-refractivity contribution in [3.8, 4) is 0 Å². The molecule has 4 nitrogen and oxygen atoms in total. The predicted octanol–water partition coefficient (Wildman–Crippen LogP) is 3.60. The van der Waals surface area contributed by atoms with Gasteiger partial charge in [-0.25, -0.2) is 0 Å². The highest BCUT2D eigenvalue weighted by Gasteiger charge is 2.39. The van der Waals surface area contributed by atoms with Crippen molar-refractivity contribution >= 4 is 34.6 Å². The predicted molar refractivity (Wildman–Crippen MR) is 101 cm³/mol. The summed E-state index contributed by atoms with van der Waals surface area (Å²) in [6.07, 6.45) is 6.96. The van der Waals surface area contributed by atoms with Crippen LogP contribution in [0.1, 0.15) is 44.1 Å². The third-order valence-corrected chi connectivity index (χ3v) is 6.11. The Morgan fingerprint density at radius 1 is 1.29 bits per heavy atom. The van der Waals surface area contributed by atoms with Gasteiger partial charge >= 0.3 is 0 Å². The summed E-state index contributed by atoms with van der Waals surface area (Å²) in [6.45, 7) is 2.87. The van der Waals surface area contributed by atoms with Crippen LogP contribution in [0.25, 0.3) is 0 Å². The van der Waals surface area contributed by atoms with E-state index < -0.39 is 0 Å². The molecule has 0 unspecified atom stereocenters. The van der Waals surface area contributed by atoms with E-state index in [1.807, 2.05) is 17.0 Å². The van der Waals surface area contributed by atoms with Crippen molar-refractivity contribution in [3.05, 3.63) is 23.8 Å². The lowest BCUT2D eigenvalue weighted by Crippen LogP contribution is -2.40. The molecule has 1 amide bonds. The fourth-order valence-corrected chi connectivity index (χ4v) is 4.91. The van der Waals surface area contributed by atoms with Gasteiger partial charge in [-0.05, 0) is 74.4 Å². The molecular formula is C19H25N3OS. The molecule has 1 aliphatic heterocycles. The van der Waals surface area contributed by atoms with E-state index in [1.54, 1.807) is 0 Å². The number of carbonyl (C=O) groups is 1. The monoisotopic (exact) mass is 343 g/mol. The van der Waals surface area contributed by atoms with E-state index in [1.165, 1.54) is 25.7 Å². The van der Waals surface area contributed by atoms with Crippen LogP contribution in [-0.4, -0.2) is 23.6 Å². The average Bonchev–Trinajstić information content (AvgIpc) is 3.26. The highest BCUT2D eigenvalue weighted by Crippen LogP contribution is 2.44. The van der Waals surface area contributed by atoms with Crippen LogP contribution in [0.2, 0.25) is 0 Å². The van der Waals surface area contributed by atoms with Gasteiger partial charge in [-0.2, -0.15) is 0 Å². The fourth-order valence-electron chi connectivity index (χ4n) is 4.64. The molecule has 2 aliphatic carbocycles. The Hall–Kier alpha value is -1.62. The number of anilines is 2. The van der Waals surface area contributed by atoms with Crippen molar-refractivity contribution in [3.63, 3.8) is 0 Å². The number of fused-ring (bicyclic) bond motifs is 2. The van der Waals surface area contributed by atoms with Gasteiger partial charge in [0.2, 0.25) is 5.91 Å². The summed E-state index contributed by atoms with van der Waals surface area (Å²) in [5, 5.41) is 7.53. The number of thiocarbonyl (C=S) groups is 1. The summed E-state index contributed by atoms with van der Waals surface area (Å²) in [6, 6.07) is 6.68. The first kappa shape index (κ1) is 15.9. The summed E-state index contributed by atoms with van der Waals surface area (Å²) in [5.41, 5.74) is 3.09. The van der Waals surface area contributed by atoms with Crippen molar-refractivity contribution < 1.29 is 4.79 Å². The second-order valence-electron chi connectivity index (χ2n) is 7.53. The minimum absolute atomic E-state index is 0.220. The zero-order chi connectivity index (χ0) is 16.7. The minimum atomic E-state index is 0.220. The number of nitrogens with zero attached hydrogens (tertiary/aromatic N) is 1. The topological polar surface area (TPSA) is 44.4 Å². The van der Waals surface area contributed by atoms with Crippen molar-refractivity contribution in [2.45, 2.75) is 51.5 Å². The Balaban J connectivity index is 1.42. The van der Waals surface area contributed by atoms with Crippen LogP contribution in [0.5, 0.6) is 0 Å². The number of nitrogens with one attached hydrogen (secondary N) is 2. The normalized spacial score (nSPS) is 28.5.